The molecule has 1 aromatic rings. The van der Waals surface area contributed by atoms with E-state index in [1.807, 2.05) is 6.92 Å². The third-order valence-corrected chi connectivity index (χ3v) is 2.81. The topological polar surface area (TPSA) is 80.5 Å². The van der Waals surface area contributed by atoms with E-state index in [9.17, 15) is 9.90 Å². The highest BCUT2D eigenvalue weighted by atomic mass is 79.9. The Morgan fingerprint density at radius 2 is 1.90 bits per heavy atom. The van der Waals surface area contributed by atoms with E-state index in [1.165, 1.54) is 0 Å². The Morgan fingerprint density at radius 3 is 2.43 bits per heavy atom. The van der Waals surface area contributed by atoms with Gasteiger partial charge >= 0.3 is 5.97 Å². The van der Waals surface area contributed by atoms with Gasteiger partial charge in [-0.25, -0.2) is 4.79 Å². The van der Waals surface area contributed by atoms with E-state index in [2.05, 4.69) is 26.2 Å². The molecule has 1 aromatic carbocycles. The predicted octanol–water partition coefficient (Wildman–Crippen LogP) is 3.90. The lowest BCUT2D eigenvalue weighted by molar-refractivity contribution is -0.138. The Morgan fingerprint density at radius 1 is 1.24 bits per heavy atom. The monoisotopic (exact) mass is 356 g/mol. The lowest BCUT2D eigenvalue weighted by Gasteiger charge is -2.04. The van der Waals surface area contributed by atoms with E-state index < -0.39 is 5.97 Å². The minimum atomic E-state index is -0.718. The molecule has 0 bridgehead atoms. The number of aliphatic hydroxyl groups is 1. The second-order valence-electron chi connectivity index (χ2n) is 3.78. The van der Waals surface area contributed by atoms with Gasteiger partial charge in [-0.05, 0) is 38.1 Å². The summed E-state index contributed by atoms with van der Waals surface area (Å²) in [5.74, 6) is -0.229. The second-order valence-corrected chi connectivity index (χ2v) is 4.34. The standard InChI is InChI=1S/C14H17BrN2O4/c1-3-20-11-7-5-10(6-8-11)16-17-13(12(18)9-15)14(19)21-4-2/h5-8,18H,3-4,9H2,1-2H3/b13-12-,17-16?. The molecule has 0 atom stereocenters. The van der Waals surface area contributed by atoms with Crippen LogP contribution in [0.1, 0.15) is 13.8 Å². The summed E-state index contributed by atoms with van der Waals surface area (Å²) in [4.78, 5) is 11.7. The van der Waals surface area contributed by atoms with Crippen molar-refractivity contribution in [2.75, 3.05) is 18.5 Å². The van der Waals surface area contributed by atoms with Gasteiger partial charge in [-0.2, -0.15) is 5.11 Å². The van der Waals surface area contributed by atoms with Crippen LogP contribution in [-0.4, -0.2) is 29.6 Å². The van der Waals surface area contributed by atoms with E-state index >= 15 is 0 Å². The number of carbonyl (C=O) groups is 1. The molecule has 0 saturated heterocycles. The molecule has 0 radical (unpaired) electrons. The summed E-state index contributed by atoms with van der Waals surface area (Å²) in [5, 5.41) is 17.4. The number of esters is 1. The fraction of sp³-hybridized carbons (Fsp3) is 0.357. The van der Waals surface area contributed by atoms with E-state index in [0.717, 1.165) is 5.75 Å². The minimum absolute atomic E-state index is 0.0868. The van der Waals surface area contributed by atoms with Crippen LogP contribution in [0.4, 0.5) is 5.69 Å². The van der Waals surface area contributed by atoms with Gasteiger partial charge in [0.05, 0.1) is 24.2 Å². The lowest BCUT2D eigenvalue weighted by Crippen LogP contribution is -2.09. The normalized spacial score (nSPS) is 12.1. The van der Waals surface area contributed by atoms with Crippen LogP contribution in [0.5, 0.6) is 5.75 Å². The van der Waals surface area contributed by atoms with Crippen LogP contribution in [0.25, 0.3) is 0 Å². The fourth-order valence-electron chi connectivity index (χ4n) is 1.36. The molecule has 0 spiro atoms. The number of azo groups is 1. The molecule has 0 aliphatic rings. The number of halogens is 1. The van der Waals surface area contributed by atoms with Gasteiger partial charge in [-0.1, -0.05) is 15.9 Å². The predicted molar refractivity (Wildman–Crippen MR) is 82.2 cm³/mol. The molecule has 0 amide bonds. The molecule has 0 saturated carbocycles. The highest BCUT2D eigenvalue weighted by molar-refractivity contribution is 9.09. The molecular weight excluding hydrogens is 340 g/mol. The van der Waals surface area contributed by atoms with E-state index in [0.29, 0.717) is 12.3 Å². The van der Waals surface area contributed by atoms with Crippen LogP contribution in [0.15, 0.2) is 46.0 Å². The molecule has 0 heterocycles. The van der Waals surface area contributed by atoms with Crippen molar-refractivity contribution in [3.8, 4) is 5.75 Å². The number of hydrogen-bond donors (Lipinski definition) is 1. The van der Waals surface area contributed by atoms with E-state index in [4.69, 9.17) is 9.47 Å². The zero-order valence-electron chi connectivity index (χ0n) is 11.9. The van der Waals surface area contributed by atoms with Gasteiger partial charge in [0.15, 0.2) is 0 Å². The van der Waals surface area contributed by atoms with Gasteiger partial charge in [-0.15, -0.1) is 5.11 Å². The summed E-state index contributed by atoms with van der Waals surface area (Å²) in [6.07, 6.45) is 0. The summed E-state index contributed by atoms with van der Waals surface area (Å²) < 4.78 is 10.1. The average molecular weight is 357 g/mol. The zero-order chi connectivity index (χ0) is 15.7. The number of rotatable bonds is 7. The first-order valence-corrected chi connectivity index (χ1v) is 7.54. The first-order chi connectivity index (χ1) is 10.1. The largest absolute Gasteiger partial charge is 0.509 e. The Balaban J connectivity index is 2.90. The minimum Gasteiger partial charge on any atom is -0.509 e. The number of nitrogens with zero attached hydrogens (tertiary/aromatic N) is 2. The molecule has 0 fully saturated rings. The van der Waals surface area contributed by atoms with Crippen molar-refractivity contribution >= 4 is 27.6 Å². The van der Waals surface area contributed by atoms with Crippen LogP contribution >= 0.6 is 15.9 Å². The van der Waals surface area contributed by atoms with Crippen LogP contribution in [-0.2, 0) is 9.53 Å². The van der Waals surface area contributed by atoms with Gasteiger partial charge in [0.25, 0.3) is 0 Å². The van der Waals surface area contributed by atoms with Crippen molar-refractivity contribution in [2.45, 2.75) is 13.8 Å². The molecular formula is C14H17BrN2O4. The maximum atomic E-state index is 11.7. The summed E-state index contributed by atoms with van der Waals surface area (Å²) in [6, 6.07) is 6.89. The van der Waals surface area contributed by atoms with Crippen molar-refractivity contribution in [1.29, 1.82) is 0 Å². The number of aliphatic hydroxyl groups excluding tert-OH is 1. The zero-order valence-corrected chi connectivity index (χ0v) is 13.5. The van der Waals surface area contributed by atoms with Crippen LogP contribution < -0.4 is 4.74 Å². The van der Waals surface area contributed by atoms with Crippen molar-refractivity contribution in [3.05, 3.63) is 35.7 Å². The average Bonchev–Trinajstić information content (AvgIpc) is 2.49. The molecule has 21 heavy (non-hydrogen) atoms. The number of ether oxygens (including phenoxy) is 2. The fourth-order valence-corrected chi connectivity index (χ4v) is 1.63. The van der Waals surface area contributed by atoms with Gasteiger partial charge < -0.3 is 14.6 Å². The van der Waals surface area contributed by atoms with Crippen LogP contribution in [0.2, 0.25) is 0 Å². The molecule has 0 aliphatic carbocycles. The van der Waals surface area contributed by atoms with Crippen LogP contribution in [0, 0.1) is 0 Å². The summed E-state index contributed by atoms with van der Waals surface area (Å²) in [7, 11) is 0. The van der Waals surface area contributed by atoms with Gasteiger partial charge in [0, 0.05) is 0 Å². The van der Waals surface area contributed by atoms with Gasteiger partial charge in [-0.3, -0.25) is 0 Å². The molecule has 1 N–H and O–H groups in total. The van der Waals surface area contributed by atoms with Crippen molar-refractivity contribution in [2.24, 2.45) is 10.2 Å². The third-order valence-electron chi connectivity index (χ3n) is 2.28. The molecule has 1 rings (SSSR count). The van der Waals surface area contributed by atoms with Crippen molar-refractivity contribution in [3.63, 3.8) is 0 Å². The number of benzene rings is 1. The summed E-state index contributed by atoms with van der Waals surface area (Å²) in [5.41, 5.74) is 0.310. The van der Waals surface area contributed by atoms with Crippen molar-refractivity contribution < 1.29 is 19.4 Å². The molecule has 6 nitrogen and oxygen atoms in total. The highest BCUT2D eigenvalue weighted by Crippen LogP contribution is 2.20. The van der Waals surface area contributed by atoms with E-state index in [-0.39, 0.29) is 23.4 Å². The SMILES string of the molecule is CCOC(=O)/C(N=Nc1ccc(OCC)cc1)=C(/O)CBr. The number of allylic oxidation sites excluding steroid dienone is 1. The smallest absolute Gasteiger partial charge is 0.362 e. The Bertz CT molecular complexity index is 526. The lowest BCUT2D eigenvalue weighted by atomic mass is 10.3. The first kappa shape index (κ1) is 17.2. The maximum Gasteiger partial charge on any atom is 0.362 e. The number of hydrogen-bond acceptors (Lipinski definition) is 6. The van der Waals surface area contributed by atoms with Crippen LogP contribution in [0.3, 0.4) is 0 Å². The van der Waals surface area contributed by atoms with Gasteiger partial charge in [0.1, 0.15) is 11.5 Å². The molecule has 0 unspecified atom stereocenters. The first-order valence-electron chi connectivity index (χ1n) is 6.42. The second kappa shape index (κ2) is 9.12. The van der Waals surface area contributed by atoms with Gasteiger partial charge in [0.2, 0.25) is 5.70 Å². The summed E-state index contributed by atoms with van der Waals surface area (Å²) >= 11 is 3.05. The molecule has 114 valence electrons. The Labute approximate surface area is 131 Å². The Kier molecular flexibility index (Phi) is 7.45. The Hall–Kier alpha value is -1.89. The maximum absolute atomic E-state index is 11.7. The van der Waals surface area contributed by atoms with E-state index in [1.54, 1.807) is 31.2 Å². The number of carbonyl (C=O) groups excluding carboxylic acids is 1. The molecule has 7 heteroatoms. The summed E-state index contributed by atoms with van der Waals surface area (Å²) in [6.45, 7) is 4.34. The highest BCUT2D eigenvalue weighted by Gasteiger charge is 2.15. The van der Waals surface area contributed by atoms with Crippen molar-refractivity contribution in [1.82, 2.24) is 0 Å². The quantitative estimate of drug-likeness (QED) is 0.264. The molecule has 0 aromatic heterocycles. The molecule has 0 aliphatic heterocycles. The number of alkyl halides is 1. The third kappa shape index (κ3) is 5.55.